The van der Waals surface area contributed by atoms with Crippen molar-refractivity contribution in [1.29, 1.82) is 0 Å². The summed E-state index contributed by atoms with van der Waals surface area (Å²) in [5.74, 6) is 0. The second kappa shape index (κ2) is 10.5. The van der Waals surface area contributed by atoms with E-state index in [0.717, 1.165) is 51.8 Å². The minimum atomic E-state index is -0.241. The van der Waals surface area contributed by atoms with E-state index in [9.17, 15) is 4.79 Å². The van der Waals surface area contributed by atoms with E-state index in [1.807, 2.05) is 6.92 Å². The van der Waals surface area contributed by atoms with Crippen molar-refractivity contribution in [2.45, 2.75) is 33.1 Å². The molecule has 0 bridgehead atoms. The minimum Gasteiger partial charge on any atom is -0.385 e. The van der Waals surface area contributed by atoms with E-state index in [1.54, 1.807) is 14.2 Å². The first-order valence-corrected chi connectivity index (χ1v) is 6.78. The molecule has 0 amide bonds. The molecule has 0 heterocycles. The molecule has 0 radical (unpaired) electrons. The average Bonchev–Trinajstić information content (AvgIpc) is 2.36. The van der Waals surface area contributed by atoms with Gasteiger partial charge in [-0.1, -0.05) is 20.3 Å². The molecule has 0 aliphatic rings. The first-order valence-electron chi connectivity index (χ1n) is 6.78. The fourth-order valence-electron chi connectivity index (χ4n) is 2.18. The van der Waals surface area contributed by atoms with Gasteiger partial charge in [0.25, 0.3) is 0 Å². The molecule has 0 fully saturated rings. The summed E-state index contributed by atoms with van der Waals surface area (Å²) in [5, 5.41) is 0. The Labute approximate surface area is 112 Å². The van der Waals surface area contributed by atoms with Crippen molar-refractivity contribution in [1.82, 2.24) is 4.90 Å². The number of nitrogens with zero attached hydrogens (tertiary/aromatic N) is 1. The second-order valence-corrected chi connectivity index (χ2v) is 5.14. The summed E-state index contributed by atoms with van der Waals surface area (Å²) in [7, 11) is 3.42. The molecule has 0 aromatic rings. The van der Waals surface area contributed by atoms with Crippen molar-refractivity contribution in [2.24, 2.45) is 5.41 Å². The van der Waals surface area contributed by atoms with Crippen LogP contribution in [-0.4, -0.2) is 58.3 Å². The van der Waals surface area contributed by atoms with E-state index in [-0.39, 0.29) is 5.41 Å². The van der Waals surface area contributed by atoms with Gasteiger partial charge in [-0.15, -0.1) is 0 Å². The Balaban J connectivity index is 4.29. The molecule has 1 unspecified atom stereocenters. The van der Waals surface area contributed by atoms with Gasteiger partial charge in [0.15, 0.2) is 0 Å². The van der Waals surface area contributed by atoms with Crippen LogP contribution in [0.3, 0.4) is 0 Å². The number of rotatable bonds is 12. The summed E-state index contributed by atoms with van der Waals surface area (Å²) in [4.78, 5) is 13.6. The molecule has 4 nitrogen and oxygen atoms in total. The molecule has 0 aliphatic carbocycles. The summed E-state index contributed by atoms with van der Waals surface area (Å²) in [6.45, 7) is 8.24. The Bertz CT molecular complexity index is 211. The van der Waals surface area contributed by atoms with Crippen LogP contribution in [0.2, 0.25) is 0 Å². The van der Waals surface area contributed by atoms with Crippen molar-refractivity contribution < 1.29 is 14.3 Å². The number of carbonyl (C=O) groups excluding carboxylic acids is 1. The standard InChI is InChI=1S/C14H29NO3/c1-5-7-14(2,13-16)12-15(9-11-18-4)8-6-10-17-3/h13H,5-12H2,1-4H3. The van der Waals surface area contributed by atoms with Crippen LogP contribution >= 0.6 is 0 Å². The lowest BCUT2D eigenvalue weighted by atomic mass is 9.86. The number of carbonyl (C=O) groups is 1. The van der Waals surface area contributed by atoms with Crippen molar-refractivity contribution in [3.63, 3.8) is 0 Å². The zero-order valence-electron chi connectivity index (χ0n) is 12.4. The normalized spacial score (nSPS) is 14.7. The van der Waals surface area contributed by atoms with Crippen molar-refractivity contribution >= 4 is 6.29 Å². The third kappa shape index (κ3) is 7.80. The smallest absolute Gasteiger partial charge is 0.127 e. The highest BCUT2D eigenvalue weighted by Gasteiger charge is 2.25. The quantitative estimate of drug-likeness (QED) is 0.397. The van der Waals surface area contributed by atoms with Crippen LogP contribution in [0.25, 0.3) is 0 Å². The van der Waals surface area contributed by atoms with Gasteiger partial charge in [-0.05, 0) is 12.8 Å². The highest BCUT2D eigenvalue weighted by atomic mass is 16.5. The van der Waals surface area contributed by atoms with Crippen LogP contribution in [-0.2, 0) is 14.3 Å². The van der Waals surface area contributed by atoms with E-state index < -0.39 is 0 Å². The molecule has 0 aromatic heterocycles. The minimum absolute atomic E-state index is 0.241. The Hall–Kier alpha value is -0.450. The Morgan fingerprint density at radius 2 is 1.83 bits per heavy atom. The lowest BCUT2D eigenvalue weighted by molar-refractivity contribution is -0.117. The molecule has 18 heavy (non-hydrogen) atoms. The predicted molar refractivity (Wildman–Crippen MR) is 73.9 cm³/mol. The van der Waals surface area contributed by atoms with Crippen molar-refractivity contribution in [3.05, 3.63) is 0 Å². The van der Waals surface area contributed by atoms with E-state index >= 15 is 0 Å². The fourth-order valence-corrected chi connectivity index (χ4v) is 2.18. The molecule has 0 N–H and O–H groups in total. The lowest BCUT2D eigenvalue weighted by Gasteiger charge is -2.31. The zero-order valence-corrected chi connectivity index (χ0v) is 12.4. The van der Waals surface area contributed by atoms with Crippen LogP contribution in [0.4, 0.5) is 0 Å². The first-order chi connectivity index (χ1) is 8.61. The van der Waals surface area contributed by atoms with Crippen LogP contribution < -0.4 is 0 Å². The van der Waals surface area contributed by atoms with Crippen molar-refractivity contribution in [3.8, 4) is 0 Å². The summed E-state index contributed by atoms with van der Waals surface area (Å²) in [6, 6.07) is 0. The molecule has 108 valence electrons. The highest BCUT2D eigenvalue weighted by Crippen LogP contribution is 2.21. The number of aldehydes is 1. The summed E-state index contributed by atoms with van der Waals surface area (Å²) in [6.07, 6.45) is 4.06. The molecular weight excluding hydrogens is 230 g/mol. The topological polar surface area (TPSA) is 38.8 Å². The Kier molecular flexibility index (Phi) is 10.2. The van der Waals surface area contributed by atoms with Gasteiger partial charge in [0, 0.05) is 45.9 Å². The first kappa shape index (κ1) is 17.6. The number of hydrogen-bond acceptors (Lipinski definition) is 4. The van der Waals surface area contributed by atoms with Gasteiger partial charge >= 0.3 is 0 Å². The zero-order chi connectivity index (χ0) is 13.9. The van der Waals surface area contributed by atoms with Gasteiger partial charge in [0.05, 0.1) is 6.61 Å². The van der Waals surface area contributed by atoms with Crippen LogP contribution in [0.5, 0.6) is 0 Å². The molecule has 1 atom stereocenters. The van der Waals surface area contributed by atoms with Crippen LogP contribution in [0, 0.1) is 5.41 Å². The third-order valence-electron chi connectivity index (χ3n) is 3.12. The Morgan fingerprint density at radius 1 is 1.17 bits per heavy atom. The van der Waals surface area contributed by atoms with E-state index in [4.69, 9.17) is 9.47 Å². The molecular formula is C14H29NO3. The highest BCUT2D eigenvalue weighted by molar-refractivity contribution is 5.58. The van der Waals surface area contributed by atoms with Crippen molar-refractivity contribution in [2.75, 3.05) is 47.1 Å². The van der Waals surface area contributed by atoms with E-state index in [1.165, 1.54) is 0 Å². The average molecular weight is 259 g/mol. The molecule has 0 aromatic carbocycles. The largest absolute Gasteiger partial charge is 0.385 e. The van der Waals surface area contributed by atoms with E-state index in [2.05, 4.69) is 11.8 Å². The second-order valence-electron chi connectivity index (χ2n) is 5.14. The molecule has 0 spiro atoms. The third-order valence-corrected chi connectivity index (χ3v) is 3.12. The van der Waals surface area contributed by atoms with Gasteiger partial charge in [0.1, 0.15) is 6.29 Å². The van der Waals surface area contributed by atoms with Gasteiger partial charge in [-0.2, -0.15) is 0 Å². The number of methoxy groups -OCH3 is 2. The molecule has 0 aliphatic heterocycles. The maximum Gasteiger partial charge on any atom is 0.127 e. The van der Waals surface area contributed by atoms with Gasteiger partial charge in [0.2, 0.25) is 0 Å². The summed E-state index contributed by atoms with van der Waals surface area (Å²) >= 11 is 0. The SMILES string of the molecule is CCCC(C)(C=O)CN(CCCOC)CCOC. The predicted octanol–water partition coefficient (Wildman–Crippen LogP) is 1.98. The van der Waals surface area contributed by atoms with E-state index in [0.29, 0.717) is 6.61 Å². The van der Waals surface area contributed by atoms with Gasteiger partial charge in [-0.3, -0.25) is 4.90 Å². The monoisotopic (exact) mass is 259 g/mol. The maximum absolute atomic E-state index is 11.3. The Morgan fingerprint density at radius 3 is 2.33 bits per heavy atom. The molecule has 0 rings (SSSR count). The molecule has 4 heteroatoms. The number of hydrogen-bond donors (Lipinski definition) is 0. The van der Waals surface area contributed by atoms with Crippen LogP contribution in [0.1, 0.15) is 33.1 Å². The number of ether oxygens (including phenoxy) is 2. The summed E-state index contributed by atoms with van der Waals surface area (Å²) < 4.78 is 10.2. The van der Waals surface area contributed by atoms with Gasteiger partial charge < -0.3 is 14.3 Å². The molecule has 0 saturated carbocycles. The molecule has 0 saturated heterocycles. The lowest BCUT2D eigenvalue weighted by Crippen LogP contribution is -2.39. The fraction of sp³-hybridized carbons (Fsp3) is 0.929. The summed E-state index contributed by atoms with van der Waals surface area (Å²) in [5.41, 5.74) is -0.241. The maximum atomic E-state index is 11.3. The van der Waals surface area contributed by atoms with Crippen LogP contribution in [0.15, 0.2) is 0 Å². The van der Waals surface area contributed by atoms with Gasteiger partial charge in [-0.25, -0.2) is 0 Å².